The average molecular weight is 392 g/mol. The molecule has 2 aliphatic heterocycles. The van der Waals surface area contributed by atoms with Gasteiger partial charge in [0.15, 0.2) is 6.73 Å². The molecular weight excluding hydrogens is 372 g/mol. The number of carbonyl (C=O) groups excluding carboxylic acids is 4. The van der Waals surface area contributed by atoms with E-state index in [0.29, 0.717) is 11.1 Å². The third-order valence-corrected chi connectivity index (χ3v) is 5.38. The maximum atomic E-state index is 12.5. The molecule has 0 N–H and O–H groups in total. The molecule has 0 saturated carbocycles. The molecule has 1 fully saturated rings. The Bertz CT molecular complexity index is 990. The van der Waals surface area contributed by atoms with E-state index in [0.717, 1.165) is 21.7 Å². The summed E-state index contributed by atoms with van der Waals surface area (Å²) in [5.41, 5.74) is 3.32. The lowest BCUT2D eigenvalue weighted by molar-refractivity contribution is -0.151. The molecule has 0 aromatic heterocycles. The first kappa shape index (κ1) is 18.9. The van der Waals surface area contributed by atoms with Crippen molar-refractivity contribution in [2.24, 2.45) is 5.92 Å². The minimum absolute atomic E-state index is 0.0364. The van der Waals surface area contributed by atoms with Crippen molar-refractivity contribution in [1.82, 2.24) is 4.90 Å². The lowest BCUT2D eigenvalue weighted by Crippen LogP contribution is -2.35. The van der Waals surface area contributed by atoms with Gasteiger partial charge in [0.25, 0.3) is 11.8 Å². The summed E-state index contributed by atoms with van der Waals surface area (Å²) in [4.78, 5) is 52.3. The second-order valence-electron chi connectivity index (χ2n) is 7.32. The average Bonchev–Trinajstić information content (AvgIpc) is 3.19. The normalized spacial score (nSPS) is 18.4. The Morgan fingerprint density at radius 2 is 1.55 bits per heavy atom. The number of nitrogens with zero attached hydrogens (tertiary/aromatic N) is 2. The van der Waals surface area contributed by atoms with E-state index in [4.69, 9.17) is 4.74 Å². The van der Waals surface area contributed by atoms with Crippen LogP contribution in [0.5, 0.6) is 0 Å². The lowest BCUT2D eigenvalue weighted by Gasteiger charge is -2.21. The van der Waals surface area contributed by atoms with Crippen molar-refractivity contribution in [3.05, 3.63) is 64.7 Å². The number of benzene rings is 2. The Morgan fingerprint density at radius 1 is 0.966 bits per heavy atom. The van der Waals surface area contributed by atoms with E-state index < -0.39 is 30.4 Å². The Labute approximate surface area is 167 Å². The summed E-state index contributed by atoms with van der Waals surface area (Å²) in [6.07, 6.45) is 0.0364. The highest BCUT2D eigenvalue weighted by Gasteiger charge is 2.39. The molecule has 7 nitrogen and oxygen atoms in total. The van der Waals surface area contributed by atoms with Crippen LogP contribution in [-0.2, 0) is 14.3 Å². The van der Waals surface area contributed by atoms with Crippen LogP contribution >= 0.6 is 0 Å². The lowest BCUT2D eigenvalue weighted by atomic mass is 10.1. The SMILES string of the molecule is Cc1cccc(C)c1N1C[C@H](C(=O)OCN2C(=O)c3ccccc3C2=O)CC1=O. The molecule has 0 aliphatic carbocycles. The monoisotopic (exact) mass is 392 g/mol. The van der Waals surface area contributed by atoms with Gasteiger partial charge in [0.05, 0.1) is 17.0 Å². The quantitative estimate of drug-likeness (QED) is 0.590. The Balaban J connectivity index is 1.42. The highest BCUT2D eigenvalue weighted by atomic mass is 16.5. The van der Waals surface area contributed by atoms with E-state index in [1.165, 1.54) is 0 Å². The van der Waals surface area contributed by atoms with Crippen molar-refractivity contribution < 1.29 is 23.9 Å². The Morgan fingerprint density at radius 3 is 2.14 bits per heavy atom. The molecule has 148 valence electrons. The van der Waals surface area contributed by atoms with E-state index in [9.17, 15) is 19.2 Å². The van der Waals surface area contributed by atoms with Crippen molar-refractivity contribution in [2.75, 3.05) is 18.2 Å². The summed E-state index contributed by atoms with van der Waals surface area (Å²) in [7, 11) is 0. The third-order valence-electron chi connectivity index (χ3n) is 5.38. The van der Waals surface area contributed by atoms with Gasteiger partial charge in [-0.3, -0.25) is 19.2 Å². The molecule has 1 saturated heterocycles. The molecule has 2 aromatic rings. The number of carbonyl (C=O) groups is 4. The third kappa shape index (κ3) is 3.18. The number of aryl methyl sites for hydroxylation is 2. The summed E-state index contributed by atoms with van der Waals surface area (Å²) in [6.45, 7) is 3.60. The van der Waals surface area contributed by atoms with Crippen LogP contribution in [0.15, 0.2) is 42.5 Å². The molecule has 4 rings (SSSR count). The zero-order valence-corrected chi connectivity index (χ0v) is 16.2. The number of anilines is 1. The number of imide groups is 1. The van der Waals surface area contributed by atoms with Gasteiger partial charge in [0, 0.05) is 18.7 Å². The van der Waals surface area contributed by atoms with Crippen molar-refractivity contribution in [1.29, 1.82) is 0 Å². The number of hydrogen-bond donors (Lipinski definition) is 0. The number of para-hydroxylation sites is 1. The predicted octanol–water partition coefficient (Wildman–Crippen LogP) is 2.45. The highest BCUT2D eigenvalue weighted by Crippen LogP contribution is 2.31. The van der Waals surface area contributed by atoms with Crippen LogP contribution in [0.4, 0.5) is 5.69 Å². The van der Waals surface area contributed by atoms with Gasteiger partial charge in [0.1, 0.15) is 0 Å². The molecule has 2 aromatic carbocycles. The maximum Gasteiger partial charge on any atom is 0.313 e. The molecule has 0 unspecified atom stereocenters. The smallest absolute Gasteiger partial charge is 0.313 e. The van der Waals surface area contributed by atoms with Crippen LogP contribution < -0.4 is 4.90 Å². The van der Waals surface area contributed by atoms with Gasteiger partial charge in [-0.25, -0.2) is 4.90 Å². The summed E-state index contributed by atoms with van der Waals surface area (Å²) in [5.74, 6) is -2.36. The molecule has 0 radical (unpaired) electrons. The Kier molecular flexibility index (Phi) is 4.66. The molecule has 3 amide bonds. The molecule has 2 aliphatic rings. The Hall–Kier alpha value is -3.48. The van der Waals surface area contributed by atoms with Gasteiger partial charge in [-0.1, -0.05) is 30.3 Å². The molecule has 0 spiro atoms. The van der Waals surface area contributed by atoms with Gasteiger partial charge >= 0.3 is 5.97 Å². The zero-order valence-electron chi connectivity index (χ0n) is 16.2. The van der Waals surface area contributed by atoms with Gasteiger partial charge in [-0.05, 0) is 37.1 Å². The van der Waals surface area contributed by atoms with E-state index in [-0.39, 0.29) is 18.9 Å². The predicted molar refractivity (Wildman–Crippen MR) is 104 cm³/mol. The molecule has 1 atom stereocenters. The van der Waals surface area contributed by atoms with Crippen molar-refractivity contribution in [2.45, 2.75) is 20.3 Å². The van der Waals surface area contributed by atoms with Crippen LogP contribution in [0, 0.1) is 19.8 Å². The first-order valence-corrected chi connectivity index (χ1v) is 9.37. The first-order chi connectivity index (χ1) is 13.9. The number of hydrogen-bond acceptors (Lipinski definition) is 5. The van der Waals surface area contributed by atoms with Gasteiger partial charge < -0.3 is 9.64 Å². The van der Waals surface area contributed by atoms with Crippen LogP contribution in [0.25, 0.3) is 0 Å². The molecule has 2 heterocycles. The van der Waals surface area contributed by atoms with Gasteiger partial charge in [-0.2, -0.15) is 0 Å². The van der Waals surface area contributed by atoms with Crippen LogP contribution in [0.2, 0.25) is 0 Å². The van der Waals surface area contributed by atoms with Crippen LogP contribution in [0.1, 0.15) is 38.3 Å². The number of ether oxygens (including phenoxy) is 1. The minimum atomic E-state index is -0.642. The second kappa shape index (κ2) is 7.16. The van der Waals surface area contributed by atoms with Crippen molar-refractivity contribution in [3.8, 4) is 0 Å². The maximum absolute atomic E-state index is 12.5. The van der Waals surface area contributed by atoms with Crippen LogP contribution in [0.3, 0.4) is 0 Å². The molecule has 0 bridgehead atoms. The molecule has 29 heavy (non-hydrogen) atoms. The first-order valence-electron chi connectivity index (χ1n) is 9.37. The summed E-state index contributed by atoms with van der Waals surface area (Å²) >= 11 is 0. The van der Waals surface area contributed by atoms with Crippen LogP contribution in [-0.4, -0.2) is 41.9 Å². The summed E-state index contributed by atoms with van der Waals surface area (Å²) in [6, 6.07) is 12.2. The van der Waals surface area contributed by atoms with E-state index in [2.05, 4.69) is 0 Å². The van der Waals surface area contributed by atoms with Crippen molar-refractivity contribution in [3.63, 3.8) is 0 Å². The minimum Gasteiger partial charge on any atom is -0.443 e. The zero-order chi connectivity index (χ0) is 20.7. The van der Waals surface area contributed by atoms with Crippen molar-refractivity contribution >= 4 is 29.4 Å². The number of esters is 1. The topological polar surface area (TPSA) is 84.0 Å². The largest absolute Gasteiger partial charge is 0.443 e. The van der Waals surface area contributed by atoms with E-state index in [1.54, 1.807) is 29.2 Å². The standard InChI is InChI=1S/C22H20N2O5/c1-13-6-5-7-14(2)19(13)23-11-15(10-18(23)25)22(28)29-12-24-20(26)16-8-3-4-9-17(16)21(24)27/h3-9,15H,10-12H2,1-2H3/t15-/m1/s1. The van der Waals surface area contributed by atoms with E-state index >= 15 is 0 Å². The number of rotatable bonds is 4. The van der Waals surface area contributed by atoms with E-state index in [1.807, 2.05) is 32.0 Å². The summed E-state index contributed by atoms with van der Waals surface area (Å²) < 4.78 is 5.24. The number of amides is 3. The highest BCUT2D eigenvalue weighted by molar-refractivity contribution is 6.21. The molecular formula is C22H20N2O5. The fourth-order valence-electron chi connectivity index (χ4n) is 3.92. The second-order valence-corrected chi connectivity index (χ2v) is 7.32. The van der Waals surface area contributed by atoms with Gasteiger partial charge in [0.2, 0.25) is 5.91 Å². The fourth-order valence-corrected chi connectivity index (χ4v) is 3.92. The summed E-state index contributed by atoms with van der Waals surface area (Å²) in [5, 5.41) is 0. The molecule has 7 heteroatoms. The fraction of sp³-hybridized carbons (Fsp3) is 0.273. The van der Waals surface area contributed by atoms with Gasteiger partial charge in [-0.15, -0.1) is 0 Å². The number of fused-ring (bicyclic) bond motifs is 1.